The molecule has 1 N–H and O–H groups in total. The van der Waals surface area contributed by atoms with Crippen molar-refractivity contribution < 1.29 is 18.3 Å². The molecule has 0 saturated heterocycles. The Hall–Kier alpha value is -1.30. The monoisotopic (exact) mass is 234 g/mol. The number of hydrogen-bond acceptors (Lipinski definition) is 3. The van der Waals surface area contributed by atoms with Gasteiger partial charge in [0.25, 0.3) is 0 Å². The van der Waals surface area contributed by atoms with Gasteiger partial charge < -0.3 is 10.0 Å². The summed E-state index contributed by atoms with van der Waals surface area (Å²) in [4.78, 5) is 4.92. The largest absolute Gasteiger partial charge is 0.405 e. The minimum atomic E-state index is -4.31. The predicted molar refractivity (Wildman–Crippen MR) is 54.3 cm³/mol. The molecular weight excluding hydrogens is 221 g/mol. The molecule has 0 aliphatic carbocycles. The first-order valence-electron chi connectivity index (χ1n) is 4.78. The third-order valence-electron chi connectivity index (χ3n) is 2.02. The second kappa shape index (κ2) is 5.16. The number of nitrogens with zero attached hydrogens (tertiary/aromatic N) is 2. The van der Waals surface area contributed by atoms with Gasteiger partial charge in [0.05, 0.1) is 6.61 Å². The minimum Gasteiger partial charge on any atom is -0.395 e. The molecule has 0 spiro atoms. The van der Waals surface area contributed by atoms with Crippen LogP contribution in [0.4, 0.5) is 19.0 Å². The quantitative estimate of drug-likeness (QED) is 0.862. The molecule has 0 bridgehead atoms. The molecule has 3 nitrogen and oxygen atoms in total. The number of halogens is 3. The average molecular weight is 234 g/mol. The van der Waals surface area contributed by atoms with Gasteiger partial charge >= 0.3 is 6.18 Å². The molecule has 0 atom stereocenters. The maximum atomic E-state index is 12.3. The van der Waals surface area contributed by atoms with E-state index in [0.717, 1.165) is 4.90 Å². The maximum absolute atomic E-state index is 12.3. The molecule has 0 radical (unpaired) electrons. The lowest BCUT2D eigenvalue weighted by Gasteiger charge is -2.25. The van der Waals surface area contributed by atoms with Gasteiger partial charge in [-0.3, -0.25) is 0 Å². The van der Waals surface area contributed by atoms with Gasteiger partial charge in [-0.15, -0.1) is 0 Å². The molecule has 1 heterocycles. The lowest BCUT2D eigenvalue weighted by atomic mass is 10.2. The summed E-state index contributed by atoms with van der Waals surface area (Å²) in [5.74, 6) is 0.258. The Balaban J connectivity index is 2.89. The molecule has 0 saturated carbocycles. The number of rotatable bonds is 4. The summed E-state index contributed by atoms with van der Waals surface area (Å²) in [5.41, 5.74) is 0.653. The summed E-state index contributed by atoms with van der Waals surface area (Å²) < 4.78 is 36.9. The Morgan fingerprint density at radius 2 is 2.12 bits per heavy atom. The maximum Gasteiger partial charge on any atom is 0.405 e. The first kappa shape index (κ1) is 12.8. The smallest absolute Gasteiger partial charge is 0.395 e. The van der Waals surface area contributed by atoms with Crippen molar-refractivity contribution in [3.05, 3.63) is 23.9 Å². The Morgan fingerprint density at radius 3 is 2.62 bits per heavy atom. The van der Waals surface area contributed by atoms with E-state index < -0.39 is 12.7 Å². The highest BCUT2D eigenvalue weighted by Crippen LogP contribution is 2.22. The van der Waals surface area contributed by atoms with Gasteiger partial charge in [0.2, 0.25) is 0 Å². The van der Waals surface area contributed by atoms with Crippen molar-refractivity contribution >= 4 is 5.82 Å². The number of alkyl halides is 3. The van der Waals surface area contributed by atoms with Crippen LogP contribution in [0, 0.1) is 6.92 Å². The second-order valence-corrected chi connectivity index (χ2v) is 3.40. The van der Waals surface area contributed by atoms with E-state index in [9.17, 15) is 13.2 Å². The topological polar surface area (TPSA) is 36.4 Å². The first-order valence-corrected chi connectivity index (χ1v) is 4.78. The minimum absolute atomic E-state index is 0.0859. The van der Waals surface area contributed by atoms with Crippen LogP contribution in [0.25, 0.3) is 0 Å². The van der Waals surface area contributed by atoms with Crippen LogP contribution in [-0.2, 0) is 0 Å². The van der Waals surface area contributed by atoms with Crippen molar-refractivity contribution in [2.24, 2.45) is 0 Å². The number of aryl methyl sites for hydroxylation is 1. The van der Waals surface area contributed by atoms with Crippen molar-refractivity contribution in [1.29, 1.82) is 0 Å². The number of aliphatic hydroxyl groups is 1. The molecule has 0 aromatic carbocycles. The summed E-state index contributed by atoms with van der Waals surface area (Å²) in [6.07, 6.45) is -2.87. The highest BCUT2D eigenvalue weighted by atomic mass is 19.4. The lowest BCUT2D eigenvalue weighted by molar-refractivity contribution is -0.120. The molecule has 16 heavy (non-hydrogen) atoms. The highest BCUT2D eigenvalue weighted by molar-refractivity contribution is 5.45. The normalized spacial score (nSPS) is 11.6. The fourth-order valence-electron chi connectivity index (χ4n) is 1.41. The number of hydrogen-bond donors (Lipinski definition) is 1. The molecule has 1 aromatic heterocycles. The Labute approximate surface area is 91.5 Å². The van der Waals surface area contributed by atoms with Crippen molar-refractivity contribution in [2.45, 2.75) is 13.1 Å². The number of aliphatic hydroxyl groups excluding tert-OH is 1. The zero-order chi connectivity index (χ0) is 12.2. The number of anilines is 1. The summed E-state index contributed by atoms with van der Waals surface area (Å²) in [7, 11) is 0. The summed E-state index contributed by atoms with van der Waals surface area (Å²) >= 11 is 0. The van der Waals surface area contributed by atoms with Gasteiger partial charge in [0, 0.05) is 12.7 Å². The molecule has 90 valence electrons. The molecule has 6 heteroatoms. The van der Waals surface area contributed by atoms with Crippen LogP contribution in [0.5, 0.6) is 0 Å². The zero-order valence-corrected chi connectivity index (χ0v) is 8.83. The van der Waals surface area contributed by atoms with Gasteiger partial charge in [-0.05, 0) is 18.6 Å². The molecule has 0 aliphatic heterocycles. The molecule has 1 rings (SSSR count). The van der Waals surface area contributed by atoms with Crippen molar-refractivity contribution in [3.8, 4) is 0 Å². The lowest BCUT2D eigenvalue weighted by Crippen LogP contribution is -2.37. The Bertz CT molecular complexity index is 341. The second-order valence-electron chi connectivity index (χ2n) is 3.40. The van der Waals surface area contributed by atoms with E-state index >= 15 is 0 Å². The number of pyridine rings is 1. The molecule has 0 unspecified atom stereocenters. The van der Waals surface area contributed by atoms with E-state index in [-0.39, 0.29) is 19.0 Å². The Kier molecular flexibility index (Phi) is 4.12. The molecule has 0 aliphatic rings. The van der Waals surface area contributed by atoms with Crippen LogP contribution in [-0.4, -0.2) is 36.0 Å². The van der Waals surface area contributed by atoms with Crippen LogP contribution < -0.4 is 4.90 Å². The van der Waals surface area contributed by atoms with Gasteiger partial charge in [-0.2, -0.15) is 13.2 Å². The summed E-state index contributed by atoms with van der Waals surface area (Å²) in [5, 5.41) is 8.75. The number of aromatic nitrogens is 1. The van der Waals surface area contributed by atoms with Crippen LogP contribution in [0.15, 0.2) is 18.3 Å². The van der Waals surface area contributed by atoms with Crippen LogP contribution in [0.3, 0.4) is 0 Å². The van der Waals surface area contributed by atoms with Gasteiger partial charge in [0.15, 0.2) is 0 Å². The van der Waals surface area contributed by atoms with E-state index in [1.54, 1.807) is 19.1 Å². The van der Waals surface area contributed by atoms with Crippen molar-refractivity contribution in [1.82, 2.24) is 4.98 Å². The standard InChI is InChI=1S/C10H13F3N2O/c1-8-3-2-4-14-9(8)15(5-6-16)7-10(11,12)13/h2-4,16H,5-7H2,1H3. The zero-order valence-electron chi connectivity index (χ0n) is 8.83. The first-order chi connectivity index (χ1) is 7.44. The molecule has 1 aromatic rings. The average Bonchev–Trinajstić information content (AvgIpc) is 2.16. The van der Waals surface area contributed by atoms with Gasteiger partial charge in [0.1, 0.15) is 12.4 Å². The van der Waals surface area contributed by atoms with E-state index in [4.69, 9.17) is 5.11 Å². The summed E-state index contributed by atoms with van der Waals surface area (Å²) in [6.45, 7) is 0.151. The fraction of sp³-hybridized carbons (Fsp3) is 0.500. The fourth-order valence-corrected chi connectivity index (χ4v) is 1.41. The molecular formula is C10H13F3N2O. The summed E-state index contributed by atoms with van der Waals surface area (Å²) in [6, 6.07) is 3.34. The molecule has 0 fully saturated rings. The van der Waals surface area contributed by atoms with E-state index in [1.807, 2.05) is 0 Å². The SMILES string of the molecule is Cc1cccnc1N(CCO)CC(F)(F)F. The van der Waals surface area contributed by atoms with Gasteiger partial charge in [-0.25, -0.2) is 4.98 Å². The molecule has 0 amide bonds. The van der Waals surface area contributed by atoms with E-state index in [1.165, 1.54) is 6.20 Å². The van der Waals surface area contributed by atoms with Crippen molar-refractivity contribution in [2.75, 3.05) is 24.6 Å². The van der Waals surface area contributed by atoms with E-state index in [2.05, 4.69) is 4.98 Å². The van der Waals surface area contributed by atoms with E-state index in [0.29, 0.717) is 5.56 Å². The van der Waals surface area contributed by atoms with Crippen LogP contribution >= 0.6 is 0 Å². The van der Waals surface area contributed by atoms with Gasteiger partial charge in [-0.1, -0.05) is 6.07 Å². The predicted octanol–water partition coefficient (Wildman–Crippen LogP) is 1.75. The third-order valence-corrected chi connectivity index (χ3v) is 2.02. The highest BCUT2D eigenvalue weighted by Gasteiger charge is 2.31. The van der Waals surface area contributed by atoms with Crippen molar-refractivity contribution in [3.63, 3.8) is 0 Å². The Morgan fingerprint density at radius 1 is 1.44 bits per heavy atom. The third kappa shape index (κ3) is 3.69. The van der Waals surface area contributed by atoms with Crippen LogP contribution in [0.2, 0.25) is 0 Å². The van der Waals surface area contributed by atoms with Crippen LogP contribution in [0.1, 0.15) is 5.56 Å².